The molecule has 1 saturated heterocycles. The number of methoxy groups -OCH3 is 1. The summed E-state index contributed by atoms with van der Waals surface area (Å²) in [6.07, 6.45) is 0. The number of carbonyl (C=O) groups is 2. The highest BCUT2D eigenvalue weighted by molar-refractivity contribution is 6.51. The molecule has 0 aliphatic carbocycles. The Kier molecular flexibility index (Phi) is 5.53. The van der Waals surface area contributed by atoms with E-state index in [1.54, 1.807) is 55.6 Å². The first kappa shape index (κ1) is 20.7. The molecule has 0 bridgehead atoms. The third kappa shape index (κ3) is 3.68. The summed E-state index contributed by atoms with van der Waals surface area (Å²) in [6, 6.07) is 20.1. The molecule has 5 nitrogen and oxygen atoms in total. The van der Waals surface area contributed by atoms with E-state index in [0.29, 0.717) is 22.0 Å². The molecule has 1 fully saturated rings. The minimum atomic E-state index is -0.784. The zero-order valence-corrected chi connectivity index (χ0v) is 17.8. The van der Waals surface area contributed by atoms with Crippen LogP contribution >= 0.6 is 11.6 Å². The van der Waals surface area contributed by atoms with Crippen LogP contribution < -0.4 is 9.64 Å². The first-order valence-electron chi connectivity index (χ1n) is 9.69. The quantitative estimate of drug-likeness (QED) is 0.345. The highest BCUT2D eigenvalue weighted by Crippen LogP contribution is 2.43. The molecule has 0 saturated carbocycles. The average Bonchev–Trinajstić information content (AvgIpc) is 3.04. The van der Waals surface area contributed by atoms with Crippen LogP contribution in [0.5, 0.6) is 5.75 Å². The Balaban J connectivity index is 1.95. The predicted octanol–water partition coefficient (Wildman–Crippen LogP) is 5.28. The van der Waals surface area contributed by atoms with Gasteiger partial charge in [-0.05, 0) is 54.4 Å². The largest absolute Gasteiger partial charge is 0.507 e. The first-order valence-corrected chi connectivity index (χ1v) is 10.1. The van der Waals surface area contributed by atoms with Crippen molar-refractivity contribution in [1.82, 2.24) is 0 Å². The zero-order valence-electron chi connectivity index (χ0n) is 17.0. The minimum Gasteiger partial charge on any atom is -0.507 e. The molecule has 0 radical (unpaired) electrons. The summed E-state index contributed by atoms with van der Waals surface area (Å²) in [5.41, 5.74) is 2.57. The van der Waals surface area contributed by atoms with Gasteiger partial charge in [0.2, 0.25) is 0 Å². The van der Waals surface area contributed by atoms with Gasteiger partial charge in [-0.3, -0.25) is 14.5 Å². The molecule has 31 heavy (non-hydrogen) atoms. The van der Waals surface area contributed by atoms with Crippen LogP contribution in [0.25, 0.3) is 5.76 Å². The summed E-state index contributed by atoms with van der Waals surface area (Å²) in [6.45, 7) is 1.91. The first-order chi connectivity index (χ1) is 14.9. The SMILES string of the molecule is COc1ccc(N2C(=O)C(=O)/C(=C(/O)c3cccc(Cl)c3)C2c2ccccc2C)cc1. The highest BCUT2D eigenvalue weighted by Gasteiger charge is 2.47. The van der Waals surface area contributed by atoms with Gasteiger partial charge in [0.1, 0.15) is 11.5 Å². The van der Waals surface area contributed by atoms with Crippen molar-refractivity contribution >= 4 is 34.7 Å². The van der Waals surface area contributed by atoms with E-state index in [0.717, 1.165) is 11.1 Å². The van der Waals surface area contributed by atoms with E-state index in [4.69, 9.17) is 16.3 Å². The lowest BCUT2D eigenvalue weighted by Gasteiger charge is -2.26. The van der Waals surface area contributed by atoms with Crippen LogP contribution in [-0.2, 0) is 9.59 Å². The van der Waals surface area contributed by atoms with Crippen molar-refractivity contribution in [3.63, 3.8) is 0 Å². The fourth-order valence-corrected chi connectivity index (χ4v) is 4.01. The maximum Gasteiger partial charge on any atom is 0.300 e. The summed E-state index contributed by atoms with van der Waals surface area (Å²) in [4.78, 5) is 27.7. The molecule has 1 heterocycles. The van der Waals surface area contributed by atoms with Crippen LogP contribution in [0, 0.1) is 6.92 Å². The van der Waals surface area contributed by atoms with Crippen LogP contribution in [0.15, 0.2) is 78.4 Å². The summed E-state index contributed by atoms with van der Waals surface area (Å²) < 4.78 is 5.21. The monoisotopic (exact) mass is 433 g/mol. The van der Waals surface area contributed by atoms with Crippen LogP contribution in [0.1, 0.15) is 22.7 Å². The van der Waals surface area contributed by atoms with E-state index in [-0.39, 0.29) is 11.3 Å². The number of hydrogen-bond donors (Lipinski definition) is 1. The van der Waals surface area contributed by atoms with Gasteiger partial charge in [0.15, 0.2) is 0 Å². The number of carbonyl (C=O) groups excluding carboxylic acids is 2. The summed E-state index contributed by atoms with van der Waals surface area (Å²) in [5.74, 6) is -1.08. The lowest BCUT2D eigenvalue weighted by atomic mass is 9.92. The minimum absolute atomic E-state index is 0.0254. The number of aliphatic hydroxyl groups is 1. The number of benzene rings is 3. The predicted molar refractivity (Wildman–Crippen MR) is 120 cm³/mol. The molecule has 1 aliphatic heterocycles. The molecule has 1 atom stereocenters. The second-order valence-electron chi connectivity index (χ2n) is 7.23. The number of nitrogens with zero attached hydrogens (tertiary/aromatic N) is 1. The number of aryl methyl sites for hydroxylation is 1. The second-order valence-corrected chi connectivity index (χ2v) is 7.67. The normalized spacial score (nSPS) is 17.8. The van der Waals surface area contributed by atoms with Gasteiger partial charge in [0.25, 0.3) is 11.7 Å². The Labute approximate surface area is 185 Å². The van der Waals surface area contributed by atoms with Gasteiger partial charge in [-0.1, -0.05) is 48.0 Å². The van der Waals surface area contributed by atoms with Crippen LogP contribution in [-0.4, -0.2) is 23.9 Å². The second kappa shape index (κ2) is 8.28. The van der Waals surface area contributed by atoms with E-state index in [1.165, 1.54) is 4.90 Å². The number of aliphatic hydroxyl groups excluding tert-OH is 1. The Morgan fingerprint density at radius 2 is 1.71 bits per heavy atom. The fraction of sp³-hybridized carbons (Fsp3) is 0.120. The Morgan fingerprint density at radius 1 is 1.00 bits per heavy atom. The van der Waals surface area contributed by atoms with Gasteiger partial charge in [0.05, 0.1) is 18.7 Å². The molecule has 6 heteroatoms. The van der Waals surface area contributed by atoms with E-state index in [9.17, 15) is 14.7 Å². The van der Waals surface area contributed by atoms with Gasteiger partial charge in [0, 0.05) is 16.3 Å². The summed E-state index contributed by atoms with van der Waals surface area (Å²) >= 11 is 6.08. The van der Waals surface area contributed by atoms with E-state index in [2.05, 4.69) is 0 Å². The maximum atomic E-state index is 13.1. The van der Waals surface area contributed by atoms with Gasteiger partial charge in [-0.2, -0.15) is 0 Å². The summed E-state index contributed by atoms with van der Waals surface area (Å²) in [5, 5.41) is 11.5. The zero-order chi connectivity index (χ0) is 22.1. The third-order valence-electron chi connectivity index (χ3n) is 5.38. The van der Waals surface area contributed by atoms with Gasteiger partial charge < -0.3 is 9.84 Å². The van der Waals surface area contributed by atoms with Crippen molar-refractivity contribution in [1.29, 1.82) is 0 Å². The van der Waals surface area contributed by atoms with E-state index in [1.807, 2.05) is 31.2 Å². The van der Waals surface area contributed by atoms with Gasteiger partial charge in [-0.25, -0.2) is 0 Å². The number of Topliss-reactive ketones (excluding diaryl/α,β-unsaturated/α-hetero) is 1. The number of anilines is 1. The number of rotatable bonds is 4. The van der Waals surface area contributed by atoms with Crippen molar-refractivity contribution in [2.24, 2.45) is 0 Å². The van der Waals surface area contributed by atoms with E-state index < -0.39 is 17.7 Å². The molecule has 156 valence electrons. The third-order valence-corrected chi connectivity index (χ3v) is 5.61. The molecule has 1 amide bonds. The van der Waals surface area contributed by atoms with Gasteiger partial charge >= 0.3 is 0 Å². The molecule has 0 spiro atoms. The van der Waals surface area contributed by atoms with Crippen LogP contribution in [0.2, 0.25) is 5.02 Å². The number of amides is 1. The van der Waals surface area contributed by atoms with Crippen LogP contribution in [0.3, 0.4) is 0 Å². The van der Waals surface area contributed by atoms with Crippen molar-refractivity contribution in [2.75, 3.05) is 12.0 Å². The van der Waals surface area contributed by atoms with E-state index >= 15 is 0 Å². The fourth-order valence-electron chi connectivity index (χ4n) is 3.82. The van der Waals surface area contributed by atoms with Crippen molar-refractivity contribution < 1.29 is 19.4 Å². The molecule has 3 aromatic carbocycles. The van der Waals surface area contributed by atoms with Gasteiger partial charge in [-0.15, -0.1) is 0 Å². The topological polar surface area (TPSA) is 66.8 Å². The molecule has 1 aliphatic rings. The number of ketones is 1. The lowest BCUT2D eigenvalue weighted by Crippen LogP contribution is -2.29. The smallest absolute Gasteiger partial charge is 0.300 e. The lowest BCUT2D eigenvalue weighted by molar-refractivity contribution is -0.132. The number of ether oxygens (including phenoxy) is 1. The molecule has 1 unspecified atom stereocenters. The standard InChI is InChI=1S/C25H20ClNO4/c1-15-6-3-4-9-20(15)22-21(23(28)16-7-5-8-17(26)14-16)24(29)25(30)27(22)18-10-12-19(31-2)13-11-18/h3-14,22,28H,1-2H3/b23-21+. The average molecular weight is 434 g/mol. The number of halogens is 1. The van der Waals surface area contributed by atoms with Crippen molar-refractivity contribution in [3.8, 4) is 5.75 Å². The molecular formula is C25H20ClNO4. The van der Waals surface area contributed by atoms with Crippen LogP contribution in [0.4, 0.5) is 5.69 Å². The van der Waals surface area contributed by atoms with Crippen molar-refractivity contribution in [3.05, 3.63) is 100 Å². The molecular weight excluding hydrogens is 414 g/mol. The van der Waals surface area contributed by atoms with Crippen molar-refractivity contribution in [2.45, 2.75) is 13.0 Å². The highest BCUT2D eigenvalue weighted by atomic mass is 35.5. The maximum absolute atomic E-state index is 13.1. The Bertz CT molecular complexity index is 1200. The molecule has 0 aromatic heterocycles. The Morgan fingerprint density at radius 3 is 2.35 bits per heavy atom. The molecule has 4 rings (SSSR count). The Hall–Kier alpha value is -3.57. The molecule has 1 N–H and O–H groups in total. The number of hydrogen-bond acceptors (Lipinski definition) is 4. The molecule has 3 aromatic rings. The summed E-state index contributed by atoms with van der Waals surface area (Å²) in [7, 11) is 1.56.